The first-order valence-corrected chi connectivity index (χ1v) is 8.23. The second kappa shape index (κ2) is 5.16. The van der Waals surface area contributed by atoms with Gasteiger partial charge in [0, 0.05) is 5.75 Å². The van der Waals surface area contributed by atoms with Crippen molar-refractivity contribution in [1.29, 1.82) is 0 Å². The molecule has 0 spiro atoms. The zero-order valence-electron chi connectivity index (χ0n) is 9.28. The molecule has 0 aromatic heterocycles. The maximum absolute atomic E-state index is 12.0. The summed E-state index contributed by atoms with van der Waals surface area (Å²) in [6.45, 7) is 0.409. The average molecular weight is 278 g/mol. The first kappa shape index (κ1) is 14.1. The number of aliphatic hydroxyl groups is 1. The SMILES string of the molecule is CCS(=O)(=O)C(CO)S(=O)(=O)c1ccccc1. The Balaban J connectivity index is 3.32. The van der Waals surface area contributed by atoms with Crippen molar-refractivity contribution in [3.05, 3.63) is 30.3 Å². The van der Waals surface area contributed by atoms with Crippen molar-refractivity contribution in [3.8, 4) is 0 Å². The molecule has 0 fully saturated rings. The van der Waals surface area contributed by atoms with Gasteiger partial charge >= 0.3 is 0 Å². The van der Waals surface area contributed by atoms with Crippen LogP contribution in [0.1, 0.15) is 6.92 Å². The third kappa shape index (κ3) is 2.85. The quantitative estimate of drug-likeness (QED) is 0.832. The van der Waals surface area contributed by atoms with Crippen LogP contribution in [0.2, 0.25) is 0 Å². The number of sulfone groups is 2. The lowest BCUT2D eigenvalue weighted by Gasteiger charge is -2.14. The van der Waals surface area contributed by atoms with E-state index in [-0.39, 0.29) is 10.6 Å². The molecule has 5 nitrogen and oxygen atoms in total. The fourth-order valence-electron chi connectivity index (χ4n) is 1.35. The summed E-state index contributed by atoms with van der Waals surface area (Å²) in [5, 5.41) is 9.03. The van der Waals surface area contributed by atoms with Crippen LogP contribution in [0.3, 0.4) is 0 Å². The fraction of sp³-hybridized carbons (Fsp3) is 0.400. The van der Waals surface area contributed by atoms with E-state index in [9.17, 15) is 16.8 Å². The number of aliphatic hydroxyl groups excluding tert-OH is 1. The highest BCUT2D eigenvalue weighted by Gasteiger charge is 2.36. The summed E-state index contributed by atoms with van der Waals surface area (Å²) < 4.78 is 45.5. The summed E-state index contributed by atoms with van der Waals surface area (Å²) in [4.78, 5) is -0.101. The van der Waals surface area contributed by atoms with Gasteiger partial charge in [-0.05, 0) is 12.1 Å². The van der Waals surface area contributed by atoms with Gasteiger partial charge in [-0.15, -0.1) is 0 Å². The van der Waals surface area contributed by atoms with Crippen molar-refractivity contribution < 1.29 is 21.9 Å². The molecule has 1 rings (SSSR count). The molecule has 0 amide bonds. The van der Waals surface area contributed by atoms with E-state index < -0.39 is 30.9 Å². The van der Waals surface area contributed by atoms with Gasteiger partial charge in [0.05, 0.1) is 11.5 Å². The third-order valence-electron chi connectivity index (χ3n) is 2.37. The maximum Gasteiger partial charge on any atom is 0.197 e. The molecule has 96 valence electrons. The number of rotatable bonds is 5. The van der Waals surface area contributed by atoms with Crippen LogP contribution < -0.4 is 0 Å². The lowest BCUT2D eigenvalue weighted by molar-refractivity contribution is 0.308. The molecule has 0 saturated carbocycles. The van der Waals surface area contributed by atoms with Crippen molar-refractivity contribution in [2.24, 2.45) is 0 Å². The Morgan fingerprint density at radius 1 is 1.12 bits per heavy atom. The maximum atomic E-state index is 12.0. The summed E-state index contributed by atoms with van der Waals surface area (Å²) in [5.74, 6) is -0.329. The first-order valence-electron chi connectivity index (χ1n) is 4.97. The fourth-order valence-corrected chi connectivity index (χ4v) is 5.27. The van der Waals surface area contributed by atoms with E-state index in [0.717, 1.165) is 0 Å². The Hall–Kier alpha value is -0.920. The van der Waals surface area contributed by atoms with Crippen LogP contribution in [-0.4, -0.2) is 38.9 Å². The molecule has 0 saturated heterocycles. The lowest BCUT2D eigenvalue weighted by Crippen LogP contribution is -2.35. The summed E-state index contributed by atoms with van der Waals surface area (Å²) in [6.07, 6.45) is 0. The summed E-state index contributed by atoms with van der Waals surface area (Å²) in [6, 6.07) is 7.24. The van der Waals surface area contributed by atoms with Gasteiger partial charge in [0.1, 0.15) is 0 Å². The minimum absolute atomic E-state index is 0.101. The van der Waals surface area contributed by atoms with E-state index in [1.807, 2.05) is 0 Å². The van der Waals surface area contributed by atoms with Crippen LogP contribution in [0.5, 0.6) is 0 Å². The molecule has 1 aromatic carbocycles. The van der Waals surface area contributed by atoms with Crippen molar-refractivity contribution >= 4 is 19.7 Å². The molecule has 0 aliphatic heterocycles. The van der Waals surface area contributed by atoms with E-state index in [1.54, 1.807) is 6.07 Å². The van der Waals surface area contributed by atoms with Crippen LogP contribution in [0, 0.1) is 0 Å². The third-order valence-corrected chi connectivity index (χ3v) is 7.53. The van der Waals surface area contributed by atoms with Crippen LogP contribution >= 0.6 is 0 Å². The Labute approximate surface area is 101 Å². The Kier molecular flexibility index (Phi) is 4.29. The molecular formula is C10H14O5S2. The topological polar surface area (TPSA) is 88.5 Å². The van der Waals surface area contributed by atoms with Crippen LogP contribution in [0.15, 0.2) is 35.2 Å². The van der Waals surface area contributed by atoms with Crippen molar-refractivity contribution in [2.45, 2.75) is 16.4 Å². The molecule has 0 heterocycles. The molecule has 0 aliphatic carbocycles. The predicted molar refractivity (Wildman–Crippen MR) is 64.0 cm³/mol. The minimum atomic E-state index is -4.06. The Bertz CT molecular complexity index is 560. The zero-order chi connectivity index (χ0) is 13.1. The molecule has 0 bridgehead atoms. The normalized spacial score (nSPS) is 14.5. The average Bonchev–Trinajstić information content (AvgIpc) is 2.30. The van der Waals surface area contributed by atoms with Gasteiger partial charge in [0.15, 0.2) is 24.3 Å². The van der Waals surface area contributed by atoms with Crippen molar-refractivity contribution in [2.75, 3.05) is 12.4 Å². The molecule has 1 N–H and O–H groups in total. The smallest absolute Gasteiger partial charge is 0.197 e. The Morgan fingerprint density at radius 3 is 2.06 bits per heavy atom. The predicted octanol–water partition coefficient (Wildman–Crippen LogP) is 0.213. The van der Waals surface area contributed by atoms with E-state index in [0.29, 0.717) is 0 Å². The van der Waals surface area contributed by atoms with E-state index in [4.69, 9.17) is 5.11 Å². The van der Waals surface area contributed by atoms with Crippen molar-refractivity contribution in [3.63, 3.8) is 0 Å². The number of benzene rings is 1. The van der Waals surface area contributed by atoms with Crippen molar-refractivity contribution in [1.82, 2.24) is 0 Å². The number of hydrogen-bond donors (Lipinski definition) is 1. The molecule has 17 heavy (non-hydrogen) atoms. The van der Waals surface area contributed by atoms with Gasteiger partial charge in [-0.1, -0.05) is 25.1 Å². The summed E-state index contributed by atoms with van der Waals surface area (Å²) in [7, 11) is -7.91. The first-order chi connectivity index (χ1) is 7.86. The molecule has 1 aromatic rings. The van der Waals surface area contributed by atoms with Gasteiger partial charge in [-0.2, -0.15) is 0 Å². The van der Waals surface area contributed by atoms with Crippen LogP contribution in [0.4, 0.5) is 0 Å². The molecular weight excluding hydrogens is 264 g/mol. The van der Waals surface area contributed by atoms with Crippen LogP contribution in [-0.2, 0) is 19.7 Å². The van der Waals surface area contributed by atoms with Gasteiger partial charge in [-0.25, -0.2) is 16.8 Å². The standard InChI is InChI=1S/C10H14O5S2/c1-2-16(12,13)10(8-11)17(14,15)9-6-4-3-5-7-9/h3-7,10-11H,2,8H2,1H3. The monoisotopic (exact) mass is 278 g/mol. The number of hydrogen-bond acceptors (Lipinski definition) is 5. The zero-order valence-corrected chi connectivity index (χ0v) is 10.9. The van der Waals surface area contributed by atoms with Gasteiger partial charge < -0.3 is 5.11 Å². The largest absolute Gasteiger partial charge is 0.394 e. The van der Waals surface area contributed by atoms with Gasteiger partial charge in [-0.3, -0.25) is 0 Å². The second-order valence-electron chi connectivity index (χ2n) is 3.42. The van der Waals surface area contributed by atoms with Gasteiger partial charge in [0.2, 0.25) is 0 Å². The molecule has 1 atom stereocenters. The van der Waals surface area contributed by atoms with E-state index in [2.05, 4.69) is 0 Å². The summed E-state index contributed by atoms with van der Waals surface area (Å²) in [5.41, 5.74) is 0. The van der Waals surface area contributed by atoms with E-state index >= 15 is 0 Å². The lowest BCUT2D eigenvalue weighted by atomic mass is 10.4. The highest BCUT2D eigenvalue weighted by atomic mass is 32.3. The van der Waals surface area contributed by atoms with Gasteiger partial charge in [0.25, 0.3) is 0 Å². The molecule has 1 unspecified atom stereocenters. The summed E-state index contributed by atoms with van der Waals surface area (Å²) >= 11 is 0. The highest BCUT2D eigenvalue weighted by molar-refractivity contribution is 8.09. The van der Waals surface area contributed by atoms with Crippen LogP contribution in [0.25, 0.3) is 0 Å². The highest BCUT2D eigenvalue weighted by Crippen LogP contribution is 2.20. The molecule has 0 aliphatic rings. The Morgan fingerprint density at radius 2 is 1.65 bits per heavy atom. The van der Waals surface area contributed by atoms with E-state index in [1.165, 1.54) is 31.2 Å². The molecule has 0 radical (unpaired) electrons. The minimum Gasteiger partial charge on any atom is -0.394 e. The second-order valence-corrected chi connectivity index (χ2v) is 8.32. The molecule has 7 heteroatoms.